The molecule has 1 aromatic carbocycles. The Morgan fingerprint density at radius 3 is 2.64 bits per heavy atom. The van der Waals surface area contributed by atoms with Crippen molar-refractivity contribution in [3.05, 3.63) is 35.9 Å². The Morgan fingerprint density at radius 2 is 2.07 bits per heavy atom. The summed E-state index contributed by atoms with van der Waals surface area (Å²) in [7, 11) is -0.801. The van der Waals surface area contributed by atoms with Gasteiger partial charge >= 0.3 is 0 Å². The van der Waals surface area contributed by atoms with Crippen molar-refractivity contribution >= 4 is 16.6 Å². The minimum absolute atomic E-state index is 0.510. The Kier molecular flexibility index (Phi) is 4.32. The summed E-state index contributed by atoms with van der Waals surface area (Å²) in [5, 5.41) is 0. The summed E-state index contributed by atoms with van der Waals surface area (Å²) < 4.78 is 10.8. The van der Waals surface area contributed by atoms with Crippen LogP contribution in [-0.2, 0) is 10.8 Å². The number of benzene rings is 1. The number of hydrogen-bond acceptors (Lipinski definition) is 2. The van der Waals surface area contributed by atoms with Crippen molar-refractivity contribution in [3.63, 3.8) is 0 Å². The summed E-state index contributed by atoms with van der Waals surface area (Å²) in [6.07, 6.45) is 1.66. The molecular weight excluding hydrogens is 196 g/mol. The summed E-state index contributed by atoms with van der Waals surface area (Å²) in [6.45, 7) is 0.518. The fraction of sp³-hybridized carbons (Fsp3) is 0.300. The van der Waals surface area contributed by atoms with Crippen molar-refractivity contribution in [2.45, 2.75) is 0 Å². The second kappa shape index (κ2) is 5.54. The molecule has 0 aliphatic rings. The number of rotatable bonds is 4. The van der Waals surface area contributed by atoms with Crippen molar-refractivity contribution in [2.24, 2.45) is 10.7 Å². The average Bonchev–Trinajstić information content (AvgIpc) is 2.18. The highest BCUT2D eigenvalue weighted by molar-refractivity contribution is 7.84. The lowest BCUT2D eigenvalue weighted by atomic mass is 10.2. The Balaban J connectivity index is 2.57. The molecule has 0 bridgehead atoms. The van der Waals surface area contributed by atoms with E-state index < -0.39 is 10.8 Å². The van der Waals surface area contributed by atoms with E-state index in [1.54, 1.807) is 6.26 Å². The summed E-state index contributed by atoms with van der Waals surface area (Å²) >= 11 is 0. The third-order valence-corrected chi connectivity index (χ3v) is 2.49. The molecule has 0 aliphatic heterocycles. The van der Waals surface area contributed by atoms with Gasteiger partial charge in [0, 0.05) is 28.4 Å². The SMILES string of the molecule is CS(=O)CCN=C(N)c1ccccc1. The topological polar surface area (TPSA) is 55.5 Å². The number of aliphatic imine (C=N–C) groups is 1. The molecule has 3 nitrogen and oxygen atoms in total. The van der Waals surface area contributed by atoms with Gasteiger partial charge in [0.2, 0.25) is 0 Å². The van der Waals surface area contributed by atoms with Crippen molar-refractivity contribution < 1.29 is 4.21 Å². The van der Waals surface area contributed by atoms with Crippen LogP contribution in [0.2, 0.25) is 0 Å². The highest BCUT2D eigenvalue weighted by Gasteiger charge is 1.95. The van der Waals surface area contributed by atoms with Crippen LogP contribution in [0.3, 0.4) is 0 Å². The van der Waals surface area contributed by atoms with Gasteiger partial charge in [0.05, 0.1) is 6.54 Å². The molecule has 1 aromatic rings. The quantitative estimate of drug-likeness (QED) is 0.589. The van der Waals surface area contributed by atoms with E-state index in [2.05, 4.69) is 4.99 Å². The second-order valence-corrected chi connectivity index (χ2v) is 4.46. The van der Waals surface area contributed by atoms with Gasteiger partial charge < -0.3 is 5.73 Å². The molecule has 14 heavy (non-hydrogen) atoms. The average molecular weight is 210 g/mol. The molecule has 0 amide bonds. The number of hydrogen-bond donors (Lipinski definition) is 1. The van der Waals surface area contributed by atoms with Gasteiger partial charge in [-0.05, 0) is 0 Å². The lowest BCUT2D eigenvalue weighted by Crippen LogP contribution is -2.14. The van der Waals surface area contributed by atoms with E-state index in [1.165, 1.54) is 0 Å². The molecule has 0 fully saturated rings. The maximum absolute atomic E-state index is 10.8. The van der Waals surface area contributed by atoms with Crippen molar-refractivity contribution in [3.8, 4) is 0 Å². The van der Waals surface area contributed by atoms with E-state index in [0.29, 0.717) is 18.1 Å². The van der Waals surface area contributed by atoms with Crippen LogP contribution in [0.1, 0.15) is 5.56 Å². The van der Waals surface area contributed by atoms with E-state index in [0.717, 1.165) is 5.56 Å². The molecule has 0 spiro atoms. The molecular formula is C10H14N2OS. The van der Waals surface area contributed by atoms with Gasteiger partial charge in [-0.3, -0.25) is 9.20 Å². The fourth-order valence-electron chi connectivity index (χ4n) is 0.995. The molecule has 1 atom stereocenters. The first-order chi connectivity index (χ1) is 6.70. The van der Waals surface area contributed by atoms with Crippen LogP contribution in [0.25, 0.3) is 0 Å². The summed E-state index contributed by atoms with van der Waals surface area (Å²) in [5.41, 5.74) is 6.64. The third kappa shape index (κ3) is 3.70. The summed E-state index contributed by atoms with van der Waals surface area (Å²) in [6, 6.07) is 9.56. The molecule has 0 aromatic heterocycles. The first kappa shape index (κ1) is 10.9. The zero-order valence-electron chi connectivity index (χ0n) is 8.14. The molecule has 76 valence electrons. The van der Waals surface area contributed by atoms with Crippen LogP contribution < -0.4 is 5.73 Å². The Bertz CT molecular complexity index is 335. The number of nitrogens with zero attached hydrogens (tertiary/aromatic N) is 1. The van der Waals surface area contributed by atoms with Crippen LogP contribution in [0, 0.1) is 0 Å². The van der Waals surface area contributed by atoms with E-state index >= 15 is 0 Å². The largest absolute Gasteiger partial charge is 0.384 e. The first-order valence-corrected chi connectivity index (χ1v) is 6.08. The van der Waals surface area contributed by atoms with Crippen LogP contribution in [0.5, 0.6) is 0 Å². The highest BCUT2D eigenvalue weighted by atomic mass is 32.2. The first-order valence-electron chi connectivity index (χ1n) is 4.35. The molecule has 0 heterocycles. The van der Waals surface area contributed by atoms with Crippen LogP contribution >= 0.6 is 0 Å². The summed E-state index contributed by atoms with van der Waals surface area (Å²) in [5.74, 6) is 1.07. The van der Waals surface area contributed by atoms with Gasteiger partial charge in [-0.25, -0.2) is 0 Å². The van der Waals surface area contributed by atoms with Gasteiger partial charge in [0.15, 0.2) is 0 Å². The molecule has 2 N–H and O–H groups in total. The van der Waals surface area contributed by atoms with Crippen LogP contribution in [0.15, 0.2) is 35.3 Å². The predicted molar refractivity (Wildman–Crippen MR) is 61.0 cm³/mol. The lowest BCUT2D eigenvalue weighted by molar-refractivity contribution is 0.686. The van der Waals surface area contributed by atoms with Gasteiger partial charge in [0.1, 0.15) is 5.84 Å². The molecule has 0 saturated heterocycles. The molecule has 0 aliphatic carbocycles. The Hall–Kier alpha value is -1.16. The third-order valence-electron chi connectivity index (χ3n) is 1.73. The Labute approximate surface area is 86.5 Å². The van der Waals surface area contributed by atoms with Crippen molar-refractivity contribution in [1.29, 1.82) is 0 Å². The van der Waals surface area contributed by atoms with Gasteiger partial charge in [-0.1, -0.05) is 30.3 Å². The number of amidine groups is 1. The standard InChI is InChI=1S/C10H14N2OS/c1-14(13)8-7-12-10(11)9-5-3-2-4-6-9/h2-6H,7-8H2,1H3,(H2,11,12). The number of nitrogens with two attached hydrogens (primary N) is 1. The molecule has 4 heteroatoms. The lowest BCUT2D eigenvalue weighted by Gasteiger charge is -1.99. The van der Waals surface area contributed by atoms with E-state index in [1.807, 2.05) is 30.3 Å². The van der Waals surface area contributed by atoms with Crippen LogP contribution in [0.4, 0.5) is 0 Å². The van der Waals surface area contributed by atoms with E-state index in [4.69, 9.17) is 5.73 Å². The smallest absolute Gasteiger partial charge is 0.125 e. The summed E-state index contributed by atoms with van der Waals surface area (Å²) in [4.78, 5) is 4.14. The predicted octanol–water partition coefficient (Wildman–Crippen LogP) is 0.770. The monoisotopic (exact) mass is 210 g/mol. The van der Waals surface area contributed by atoms with Crippen LogP contribution in [-0.4, -0.2) is 28.6 Å². The fourth-order valence-corrected chi connectivity index (χ4v) is 1.34. The highest BCUT2D eigenvalue weighted by Crippen LogP contribution is 1.97. The zero-order chi connectivity index (χ0) is 10.4. The minimum Gasteiger partial charge on any atom is -0.384 e. The van der Waals surface area contributed by atoms with Gasteiger partial charge in [-0.2, -0.15) is 0 Å². The molecule has 1 rings (SSSR count). The molecule has 0 radical (unpaired) electrons. The molecule has 0 saturated carbocycles. The maximum atomic E-state index is 10.8. The van der Waals surface area contributed by atoms with Crippen molar-refractivity contribution in [2.75, 3.05) is 18.6 Å². The Morgan fingerprint density at radius 1 is 1.43 bits per heavy atom. The van der Waals surface area contributed by atoms with Gasteiger partial charge in [-0.15, -0.1) is 0 Å². The molecule has 1 unspecified atom stereocenters. The van der Waals surface area contributed by atoms with Gasteiger partial charge in [0.25, 0.3) is 0 Å². The second-order valence-electron chi connectivity index (χ2n) is 2.91. The normalized spacial score (nSPS) is 13.9. The van der Waals surface area contributed by atoms with Crippen molar-refractivity contribution in [1.82, 2.24) is 0 Å². The van der Waals surface area contributed by atoms with E-state index in [9.17, 15) is 4.21 Å². The zero-order valence-corrected chi connectivity index (χ0v) is 8.96. The minimum atomic E-state index is -0.801. The van der Waals surface area contributed by atoms with E-state index in [-0.39, 0.29) is 0 Å². The maximum Gasteiger partial charge on any atom is 0.125 e.